The zero-order valence-electron chi connectivity index (χ0n) is 11.1. The molecule has 3 aliphatic rings. The molecule has 2 fully saturated rings. The summed E-state index contributed by atoms with van der Waals surface area (Å²) in [5, 5.41) is 5.76. The van der Waals surface area contributed by atoms with E-state index in [1.165, 1.54) is 0 Å². The highest BCUT2D eigenvalue weighted by atomic mass is 19.4. The number of hydrogen-bond donors (Lipinski definition) is 3. The van der Waals surface area contributed by atoms with E-state index in [9.17, 15) is 13.2 Å². The maximum absolute atomic E-state index is 13.0. The fraction of sp³-hybridized carbons (Fsp3) is 0.769. The van der Waals surface area contributed by atoms with Crippen molar-refractivity contribution in [1.82, 2.24) is 10.6 Å². The first-order valence-electron chi connectivity index (χ1n) is 7.09. The second-order valence-corrected chi connectivity index (χ2v) is 5.89. The average molecular weight is 288 g/mol. The van der Waals surface area contributed by atoms with Crippen LogP contribution < -0.4 is 16.4 Å². The summed E-state index contributed by atoms with van der Waals surface area (Å²) in [5.74, 6) is -1.00. The molecule has 7 heteroatoms. The Balaban J connectivity index is 1.83. The summed E-state index contributed by atoms with van der Waals surface area (Å²) in [7, 11) is 0. The Hall–Kier alpha value is -1.24. The zero-order valence-corrected chi connectivity index (χ0v) is 11.1. The van der Waals surface area contributed by atoms with Crippen LogP contribution in [0.25, 0.3) is 0 Å². The summed E-state index contributed by atoms with van der Waals surface area (Å²) in [6.45, 7) is 0. The number of allylic oxidation sites excluding steroid dienone is 1. The number of nitrogens with one attached hydrogen (secondary N) is 2. The highest BCUT2D eigenvalue weighted by Crippen LogP contribution is 2.38. The maximum atomic E-state index is 13.0. The number of halogens is 3. The number of rotatable bonds is 3. The van der Waals surface area contributed by atoms with Gasteiger partial charge >= 0.3 is 6.18 Å². The van der Waals surface area contributed by atoms with Crippen LogP contribution in [0.3, 0.4) is 0 Å². The van der Waals surface area contributed by atoms with Crippen molar-refractivity contribution >= 4 is 6.21 Å². The first-order valence-corrected chi connectivity index (χ1v) is 7.09. The minimum absolute atomic E-state index is 0.00778. The van der Waals surface area contributed by atoms with Crippen LogP contribution in [0, 0.1) is 5.92 Å². The Kier molecular flexibility index (Phi) is 3.19. The molecule has 2 saturated carbocycles. The van der Waals surface area contributed by atoms with E-state index in [2.05, 4.69) is 15.6 Å². The number of nitrogens with zero attached hydrogens (tertiary/aromatic N) is 1. The average Bonchev–Trinajstić information content (AvgIpc) is 2.18. The van der Waals surface area contributed by atoms with Gasteiger partial charge in [0.25, 0.3) is 0 Å². The van der Waals surface area contributed by atoms with Crippen molar-refractivity contribution in [3.05, 3.63) is 11.4 Å². The van der Waals surface area contributed by atoms with E-state index in [1.807, 2.05) is 0 Å². The molecule has 0 bridgehead atoms. The van der Waals surface area contributed by atoms with Crippen LogP contribution in [0.5, 0.6) is 0 Å². The Morgan fingerprint density at radius 2 is 1.90 bits per heavy atom. The molecule has 112 valence electrons. The Bertz CT molecular complexity index is 449. The lowest BCUT2D eigenvalue weighted by Gasteiger charge is -2.44. The topological polar surface area (TPSA) is 62.4 Å². The van der Waals surface area contributed by atoms with Crippen molar-refractivity contribution in [3.8, 4) is 0 Å². The van der Waals surface area contributed by atoms with Crippen LogP contribution in [0.15, 0.2) is 16.4 Å². The molecule has 1 heterocycles. The lowest BCUT2D eigenvalue weighted by Crippen LogP contribution is -2.63. The van der Waals surface area contributed by atoms with Crippen molar-refractivity contribution in [2.24, 2.45) is 16.6 Å². The smallest absolute Gasteiger partial charge is 0.369 e. The highest BCUT2D eigenvalue weighted by molar-refractivity contribution is 5.82. The first-order chi connectivity index (χ1) is 9.38. The van der Waals surface area contributed by atoms with Crippen LogP contribution in [0.2, 0.25) is 0 Å². The molecule has 4 nitrogen and oxygen atoms in total. The van der Waals surface area contributed by atoms with E-state index in [0.29, 0.717) is 0 Å². The molecule has 0 spiro atoms. The van der Waals surface area contributed by atoms with E-state index in [4.69, 9.17) is 5.73 Å². The third-order valence-corrected chi connectivity index (χ3v) is 4.49. The van der Waals surface area contributed by atoms with Gasteiger partial charge in [0.2, 0.25) is 0 Å². The molecule has 1 aliphatic heterocycles. The van der Waals surface area contributed by atoms with E-state index >= 15 is 0 Å². The SMILES string of the molecule is NC1(C2CCC2)N=CC(C(F)(F)F)=C(NC2CCC2)N1. The van der Waals surface area contributed by atoms with Crippen molar-refractivity contribution in [2.75, 3.05) is 0 Å². The largest absolute Gasteiger partial charge is 0.421 e. The van der Waals surface area contributed by atoms with Crippen LogP contribution in [0.4, 0.5) is 13.2 Å². The number of nitrogens with two attached hydrogens (primary N) is 1. The molecule has 2 aliphatic carbocycles. The molecular weight excluding hydrogens is 269 g/mol. The lowest BCUT2D eigenvalue weighted by atomic mass is 9.79. The van der Waals surface area contributed by atoms with Crippen molar-refractivity contribution in [2.45, 2.75) is 56.5 Å². The van der Waals surface area contributed by atoms with Gasteiger partial charge in [-0.05, 0) is 32.1 Å². The van der Waals surface area contributed by atoms with Crippen molar-refractivity contribution in [1.29, 1.82) is 0 Å². The summed E-state index contributed by atoms with van der Waals surface area (Å²) in [5.41, 5.74) is 5.39. The Morgan fingerprint density at radius 3 is 2.35 bits per heavy atom. The van der Waals surface area contributed by atoms with Gasteiger partial charge in [0.1, 0.15) is 11.4 Å². The molecule has 1 unspecified atom stereocenters. The van der Waals surface area contributed by atoms with Gasteiger partial charge in [0.15, 0.2) is 5.79 Å². The minimum Gasteiger partial charge on any atom is -0.369 e. The molecule has 0 amide bonds. The molecule has 0 aromatic rings. The molecule has 1 atom stereocenters. The molecule has 20 heavy (non-hydrogen) atoms. The zero-order chi connectivity index (χ0) is 14.4. The monoisotopic (exact) mass is 288 g/mol. The fourth-order valence-corrected chi connectivity index (χ4v) is 2.68. The molecule has 0 saturated heterocycles. The number of alkyl halides is 3. The van der Waals surface area contributed by atoms with Gasteiger partial charge in [-0.2, -0.15) is 13.2 Å². The normalized spacial score (nSPS) is 31.6. The highest BCUT2D eigenvalue weighted by Gasteiger charge is 2.45. The Labute approximate surface area is 115 Å². The van der Waals surface area contributed by atoms with Crippen LogP contribution in [0.1, 0.15) is 38.5 Å². The quantitative estimate of drug-likeness (QED) is 0.744. The van der Waals surface area contributed by atoms with E-state index in [-0.39, 0.29) is 17.8 Å². The van der Waals surface area contributed by atoms with Gasteiger partial charge in [-0.1, -0.05) is 6.42 Å². The third kappa shape index (κ3) is 2.39. The summed E-state index contributed by atoms with van der Waals surface area (Å²) in [6.07, 6.45) is 2.17. The molecule has 3 rings (SSSR count). The minimum atomic E-state index is -4.43. The number of hydrogen-bond acceptors (Lipinski definition) is 4. The molecular formula is C13H19F3N4. The molecule has 0 aromatic carbocycles. The summed E-state index contributed by atoms with van der Waals surface area (Å²) >= 11 is 0. The second-order valence-electron chi connectivity index (χ2n) is 5.89. The van der Waals surface area contributed by atoms with E-state index in [1.54, 1.807) is 0 Å². The molecule has 0 aromatic heterocycles. The van der Waals surface area contributed by atoms with Gasteiger partial charge in [0.05, 0.1) is 0 Å². The third-order valence-electron chi connectivity index (χ3n) is 4.49. The van der Waals surface area contributed by atoms with Gasteiger partial charge in [0, 0.05) is 18.2 Å². The van der Waals surface area contributed by atoms with Gasteiger partial charge in [-0.3, -0.25) is 5.73 Å². The summed E-state index contributed by atoms with van der Waals surface area (Å²) < 4.78 is 39.1. The number of aliphatic imine (C=N–C) groups is 1. The Morgan fingerprint density at radius 1 is 1.25 bits per heavy atom. The predicted octanol–water partition coefficient (Wildman–Crippen LogP) is 1.99. The van der Waals surface area contributed by atoms with Crippen LogP contribution >= 0.6 is 0 Å². The van der Waals surface area contributed by atoms with Crippen LogP contribution in [-0.4, -0.2) is 24.2 Å². The molecule has 0 radical (unpaired) electrons. The van der Waals surface area contributed by atoms with Crippen molar-refractivity contribution in [3.63, 3.8) is 0 Å². The predicted molar refractivity (Wildman–Crippen MR) is 69.7 cm³/mol. The van der Waals surface area contributed by atoms with E-state index in [0.717, 1.165) is 44.7 Å². The second kappa shape index (κ2) is 4.65. The van der Waals surface area contributed by atoms with Gasteiger partial charge in [-0.15, -0.1) is 0 Å². The first kappa shape index (κ1) is 13.7. The fourth-order valence-electron chi connectivity index (χ4n) is 2.68. The van der Waals surface area contributed by atoms with Gasteiger partial charge in [-0.25, -0.2) is 4.99 Å². The lowest BCUT2D eigenvalue weighted by molar-refractivity contribution is -0.0880. The molecule has 4 N–H and O–H groups in total. The van der Waals surface area contributed by atoms with Crippen molar-refractivity contribution < 1.29 is 13.2 Å². The summed E-state index contributed by atoms with van der Waals surface area (Å²) in [4.78, 5) is 3.96. The maximum Gasteiger partial charge on any atom is 0.421 e. The van der Waals surface area contributed by atoms with Gasteiger partial charge < -0.3 is 10.6 Å². The van der Waals surface area contributed by atoms with Crippen LogP contribution in [-0.2, 0) is 0 Å². The van der Waals surface area contributed by atoms with E-state index < -0.39 is 17.5 Å². The summed E-state index contributed by atoms with van der Waals surface area (Å²) in [6, 6.07) is 0.104. The standard InChI is InChI=1S/C13H19F3N4/c14-12(15,16)10-7-18-13(17,8-3-1-4-8)20-11(10)19-9-5-2-6-9/h7-9,19-20H,1-6,17H2.